The third-order valence-corrected chi connectivity index (χ3v) is 2.98. The second-order valence-corrected chi connectivity index (χ2v) is 4.35. The zero-order valence-electron chi connectivity index (χ0n) is 10.3. The van der Waals surface area contributed by atoms with E-state index in [4.69, 9.17) is 15.2 Å². The molecule has 2 rings (SSSR count). The number of rotatable bonds is 4. The van der Waals surface area contributed by atoms with Crippen LogP contribution in [0.25, 0.3) is 0 Å². The molecule has 0 aliphatic heterocycles. The van der Waals surface area contributed by atoms with Gasteiger partial charge >= 0.3 is 0 Å². The van der Waals surface area contributed by atoms with Crippen LogP contribution >= 0.6 is 0 Å². The number of nitrogens with two attached hydrogens (primary N) is 1. The topological polar surface area (TPSA) is 57.4 Å². The Labute approximate surface area is 102 Å². The molecule has 0 spiro atoms. The highest BCUT2D eigenvalue weighted by atomic mass is 16.5. The molecule has 0 atom stereocenters. The van der Waals surface area contributed by atoms with E-state index < -0.39 is 0 Å². The third kappa shape index (κ3) is 3.25. The number of nitrogens with zero attached hydrogens (tertiary/aromatic N) is 1. The van der Waals surface area contributed by atoms with E-state index in [9.17, 15) is 0 Å². The standard InChI is InChI=1S/C13H20N2O2/c1-2-16-13-11(14)8-9-12(15-13)17-10-6-4-3-5-7-10/h8-10H,2-7,14H2,1H3. The number of anilines is 1. The summed E-state index contributed by atoms with van der Waals surface area (Å²) in [5, 5.41) is 0. The Morgan fingerprint density at radius 3 is 2.76 bits per heavy atom. The van der Waals surface area contributed by atoms with Gasteiger partial charge in [-0.15, -0.1) is 0 Å². The molecule has 0 unspecified atom stereocenters. The molecule has 1 aromatic heterocycles. The summed E-state index contributed by atoms with van der Waals surface area (Å²) in [6, 6.07) is 3.60. The van der Waals surface area contributed by atoms with Gasteiger partial charge in [0.2, 0.25) is 11.8 Å². The summed E-state index contributed by atoms with van der Waals surface area (Å²) in [5.41, 5.74) is 6.32. The summed E-state index contributed by atoms with van der Waals surface area (Å²) in [5.74, 6) is 1.09. The van der Waals surface area contributed by atoms with Gasteiger partial charge in [-0.3, -0.25) is 0 Å². The number of aromatic nitrogens is 1. The maximum Gasteiger partial charge on any atom is 0.240 e. The van der Waals surface area contributed by atoms with Crippen molar-refractivity contribution in [1.29, 1.82) is 0 Å². The van der Waals surface area contributed by atoms with Crippen molar-refractivity contribution in [2.75, 3.05) is 12.3 Å². The lowest BCUT2D eigenvalue weighted by atomic mass is 9.98. The summed E-state index contributed by atoms with van der Waals surface area (Å²) in [6.07, 6.45) is 6.36. The Bertz CT molecular complexity index is 362. The average molecular weight is 236 g/mol. The first-order chi connectivity index (χ1) is 8.29. The number of ether oxygens (including phenoxy) is 2. The van der Waals surface area contributed by atoms with Crippen molar-refractivity contribution in [3.8, 4) is 11.8 Å². The molecule has 4 nitrogen and oxygen atoms in total. The van der Waals surface area contributed by atoms with E-state index in [2.05, 4.69) is 4.98 Å². The molecule has 94 valence electrons. The van der Waals surface area contributed by atoms with Gasteiger partial charge in [-0.05, 0) is 38.7 Å². The van der Waals surface area contributed by atoms with Gasteiger partial charge in [-0.1, -0.05) is 6.42 Å². The monoisotopic (exact) mass is 236 g/mol. The Morgan fingerprint density at radius 2 is 2.06 bits per heavy atom. The van der Waals surface area contributed by atoms with E-state index in [1.165, 1.54) is 19.3 Å². The summed E-state index contributed by atoms with van der Waals surface area (Å²) in [6.45, 7) is 2.47. The highest BCUT2D eigenvalue weighted by molar-refractivity contribution is 5.49. The van der Waals surface area contributed by atoms with E-state index in [0.29, 0.717) is 30.2 Å². The molecule has 0 aromatic carbocycles. The van der Waals surface area contributed by atoms with E-state index in [-0.39, 0.29) is 0 Å². The van der Waals surface area contributed by atoms with Gasteiger partial charge in [0.1, 0.15) is 6.10 Å². The minimum Gasteiger partial charge on any atom is -0.476 e. The molecule has 1 saturated carbocycles. The molecule has 1 fully saturated rings. The maximum atomic E-state index is 5.85. The largest absolute Gasteiger partial charge is 0.476 e. The van der Waals surface area contributed by atoms with Crippen LogP contribution in [0, 0.1) is 0 Å². The van der Waals surface area contributed by atoms with Gasteiger partial charge in [0, 0.05) is 6.07 Å². The van der Waals surface area contributed by atoms with Crippen LogP contribution < -0.4 is 15.2 Å². The second-order valence-electron chi connectivity index (χ2n) is 4.35. The molecular formula is C13H20N2O2. The van der Waals surface area contributed by atoms with Gasteiger partial charge in [0.05, 0.1) is 12.3 Å². The highest BCUT2D eigenvalue weighted by Gasteiger charge is 2.16. The Kier molecular flexibility index (Phi) is 4.07. The van der Waals surface area contributed by atoms with Gasteiger partial charge < -0.3 is 15.2 Å². The second kappa shape index (κ2) is 5.75. The van der Waals surface area contributed by atoms with E-state index in [0.717, 1.165) is 12.8 Å². The molecule has 4 heteroatoms. The van der Waals surface area contributed by atoms with Crippen molar-refractivity contribution in [1.82, 2.24) is 4.98 Å². The normalized spacial score (nSPS) is 16.8. The first kappa shape index (κ1) is 12.0. The molecule has 17 heavy (non-hydrogen) atoms. The molecule has 0 bridgehead atoms. The lowest BCUT2D eigenvalue weighted by molar-refractivity contribution is 0.147. The van der Waals surface area contributed by atoms with Crippen molar-refractivity contribution < 1.29 is 9.47 Å². The van der Waals surface area contributed by atoms with Crippen LogP contribution in [0.2, 0.25) is 0 Å². The quantitative estimate of drug-likeness (QED) is 0.873. The van der Waals surface area contributed by atoms with Crippen molar-refractivity contribution in [2.24, 2.45) is 0 Å². The molecule has 1 aromatic rings. The van der Waals surface area contributed by atoms with Crippen molar-refractivity contribution in [3.05, 3.63) is 12.1 Å². The zero-order valence-corrected chi connectivity index (χ0v) is 10.3. The smallest absolute Gasteiger partial charge is 0.240 e. The molecule has 1 aliphatic rings. The number of nitrogen functional groups attached to an aromatic ring is 1. The molecule has 1 heterocycles. The minimum absolute atomic E-state index is 0.300. The summed E-state index contributed by atoms with van der Waals surface area (Å²) < 4.78 is 11.2. The molecule has 0 radical (unpaired) electrons. The van der Waals surface area contributed by atoms with Crippen LogP contribution in [0.4, 0.5) is 5.69 Å². The predicted molar refractivity (Wildman–Crippen MR) is 67.3 cm³/mol. The zero-order chi connectivity index (χ0) is 12.1. The van der Waals surface area contributed by atoms with Crippen LogP contribution in [-0.2, 0) is 0 Å². The fourth-order valence-electron chi connectivity index (χ4n) is 2.11. The Balaban J connectivity index is 2.02. The van der Waals surface area contributed by atoms with Gasteiger partial charge in [0.25, 0.3) is 0 Å². The van der Waals surface area contributed by atoms with Crippen molar-refractivity contribution in [2.45, 2.75) is 45.1 Å². The van der Waals surface area contributed by atoms with Gasteiger partial charge in [-0.2, -0.15) is 4.98 Å². The van der Waals surface area contributed by atoms with Crippen LogP contribution in [0.1, 0.15) is 39.0 Å². The van der Waals surface area contributed by atoms with Crippen LogP contribution in [0.3, 0.4) is 0 Å². The molecule has 1 aliphatic carbocycles. The first-order valence-electron chi connectivity index (χ1n) is 6.35. The molecule has 2 N–H and O–H groups in total. The fraction of sp³-hybridized carbons (Fsp3) is 0.615. The SMILES string of the molecule is CCOc1nc(OC2CCCCC2)ccc1N. The third-order valence-electron chi connectivity index (χ3n) is 2.98. The van der Waals surface area contributed by atoms with Crippen molar-refractivity contribution in [3.63, 3.8) is 0 Å². The molecule has 0 saturated heterocycles. The predicted octanol–water partition coefficient (Wildman–Crippen LogP) is 2.77. The lowest BCUT2D eigenvalue weighted by Crippen LogP contribution is -2.20. The van der Waals surface area contributed by atoms with Crippen LogP contribution in [0.5, 0.6) is 11.8 Å². The summed E-state index contributed by atoms with van der Waals surface area (Å²) in [4.78, 5) is 4.29. The highest BCUT2D eigenvalue weighted by Crippen LogP contribution is 2.26. The Hall–Kier alpha value is -1.45. The summed E-state index contributed by atoms with van der Waals surface area (Å²) in [7, 11) is 0. The van der Waals surface area contributed by atoms with Crippen LogP contribution in [-0.4, -0.2) is 17.7 Å². The van der Waals surface area contributed by atoms with E-state index in [1.807, 2.05) is 13.0 Å². The molecular weight excluding hydrogens is 216 g/mol. The van der Waals surface area contributed by atoms with Crippen molar-refractivity contribution >= 4 is 5.69 Å². The van der Waals surface area contributed by atoms with Crippen LogP contribution in [0.15, 0.2) is 12.1 Å². The average Bonchev–Trinajstić information content (AvgIpc) is 2.35. The number of hydrogen-bond acceptors (Lipinski definition) is 4. The lowest BCUT2D eigenvalue weighted by Gasteiger charge is -2.22. The minimum atomic E-state index is 0.300. The van der Waals surface area contributed by atoms with E-state index >= 15 is 0 Å². The maximum absolute atomic E-state index is 5.85. The van der Waals surface area contributed by atoms with E-state index in [1.54, 1.807) is 6.07 Å². The van der Waals surface area contributed by atoms with Gasteiger partial charge in [0.15, 0.2) is 0 Å². The molecule has 0 amide bonds. The summed E-state index contributed by atoms with van der Waals surface area (Å²) >= 11 is 0. The number of hydrogen-bond donors (Lipinski definition) is 1. The number of pyridine rings is 1. The van der Waals surface area contributed by atoms with Gasteiger partial charge in [-0.25, -0.2) is 0 Å². The Morgan fingerprint density at radius 1 is 1.29 bits per heavy atom. The fourth-order valence-corrected chi connectivity index (χ4v) is 2.11. The first-order valence-corrected chi connectivity index (χ1v) is 6.35.